The summed E-state index contributed by atoms with van der Waals surface area (Å²) in [5, 5.41) is 0. The van der Waals surface area contributed by atoms with Gasteiger partial charge in [-0.25, -0.2) is 0 Å². The molecule has 0 spiro atoms. The lowest BCUT2D eigenvalue weighted by Gasteiger charge is -2.28. The minimum atomic E-state index is -0.419. The Morgan fingerprint density at radius 1 is 0.952 bits per heavy atom. The van der Waals surface area contributed by atoms with Crippen molar-refractivity contribution in [2.45, 2.75) is 51.5 Å². The van der Waals surface area contributed by atoms with E-state index in [4.69, 9.17) is 5.73 Å². The Morgan fingerprint density at radius 2 is 1.67 bits per heavy atom. The van der Waals surface area contributed by atoms with Crippen LogP contribution < -0.4 is 5.73 Å². The molecular formula is C20H25N. The summed E-state index contributed by atoms with van der Waals surface area (Å²) in [4.78, 5) is 0. The number of hydrogen-bond acceptors (Lipinski definition) is 1. The van der Waals surface area contributed by atoms with E-state index in [0.717, 1.165) is 6.42 Å². The Kier molecular flexibility index (Phi) is 3.86. The second kappa shape index (κ2) is 5.65. The van der Waals surface area contributed by atoms with Gasteiger partial charge in [0.2, 0.25) is 0 Å². The fourth-order valence-corrected chi connectivity index (χ4v) is 3.34. The average molecular weight is 279 g/mol. The van der Waals surface area contributed by atoms with Crippen molar-refractivity contribution >= 4 is 0 Å². The van der Waals surface area contributed by atoms with Gasteiger partial charge in [-0.3, -0.25) is 0 Å². The Hall–Kier alpha value is -1.60. The molecule has 0 aliphatic heterocycles. The number of hydrogen-bond donors (Lipinski definition) is 1. The fourth-order valence-electron chi connectivity index (χ4n) is 3.34. The molecule has 1 aliphatic carbocycles. The maximum atomic E-state index is 6.72. The predicted octanol–water partition coefficient (Wildman–Crippen LogP) is 4.35. The number of nitrogens with two attached hydrogens (primary N) is 1. The van der Waals surface area contributed by atoms with Gasteiger partial charge in [0.15, 0.2) is 0 Å². The van der Waals surface area contributed by atoms with Crippen LogP contribution in [-0.2, 0) is 24.8 Å². The third kappa shape index (κ3) is 2.75. The summed E-state index contributed by atoms with van der Waals surface area (Å²) in [5.74, 6) is 0. The monoisotopic (exact) mass is 279 g/mol. The fraction of sp³-hybridized carbons (Fsp3) is 0.400. The zero-order chi connectivity index (χ0) is 14.9. The first-order chi connectivity index (χ1) is 10.1. The maximum absolute atomic E-state index is 6.72. The third-order valence-electron chi connectivity index (χ3n) is 4.88. The third-order valence-corrected chi connectivity index (χ3v) is 4.88. The van der Waals surface area contributed by atoms with Crippen LogP contribution in [0, 0.1) is 0 Å². The molecule has 2 aromatic carbocycles. The molecule has 0 aromatic heterocycles. The first-order valence-electron chi connectivity index (χ1n) is 8.12. The molecule has 0 radical (unpaired) electrons. The van der Waals surface area contributed by atoms with E-state index in [-0.39, 0.29) is 0 Å². The maximum Gasteiger partial charge on any atom is 0.0637 e. The van der Waals surface area contributed by atoms with Crippen LogP contribution in [-0.4, -0.2) is 0 Å². The van der Waals surface area contributed by atoms with Crippen molar-refractivity contribution in [3.63, 3.8) is 0 Å². The molecule has 0 bridgehead atoms. The van der Waals surface area contributed by atoms with Crippen molar-refractivity contribution in [2.75, 3.05) is 0 Å². The van der Waals surface area contributed by atoms with E-state index in [9.17, 15) is 0 Å². The molecule has 2 N–H and O–H groups in total. The van der Waals surface area contributed by atoms with Crippen molar-refractivity contribution in [1.82, 2.24) is 0 Å². The predicted molar refractivity (Wildman–Crippen MR) is 89.5 cm³/mol. The number of rotatable bonds is 3. The van der Waals surface area contributed by atoms with Gasteiger partial charge in [0.25, 0.3) is 0 Å². The minimum absolute atomic E-state index is 0.419. The summed E-state index contributed by atoms with van der Waals surface area (Å²) in [6, 6.07) is 15.6. The highest BCUT2D eigenvalue weighted by Crippen LogP contribution is 2.31. The molecule has 1 aliphatic rings. The highest BCUT2D eigenvalue weighted by atomic mass is 14.7. The van der Waals surface area contributed by atoms with E-state index in [1.54, 1.807) is 0 Å². The molecule has 0 fully saturated rings. The van der Waals surface area contributed by atoms with E-state index in [0.29, 0.717) is 0 Å². The molecule has 3 rings (SSSR count). The summed E-state index contributed by atoms with van der Waals surface area (Å²) >= 11 is 0. The zero-order valence-electron chi connectivity index (χ0n) is 13.2. The Labute approximate surface area is 128 Å². The summed E-state index contributed by atoms with van der Waals surface area (Å²) in [6.45, 7) is 4.32. The van der Waals surface area contributed by atoms with Crippen LogP contribution in [0.15, 0.2) is 42.5 Å². The highest BCUT2D eigenvalue weighted by Gasteiger charge is 2.25. The van der Waals surface area contributed by atoms with Crippen LogP contribution in [0.3, 0.4) is 0 Å². The molecule has 1 unspecified atom stereocenters. The molecule has 0 saturated heterocycles. The van der Waals surface area contributed by atoms with Crippen LogP contribution >= 0.6 is 0 Å². The Bertz CT molecular complexity index is 640. The van der Waals surface area contributed by atoms with Crippen molar-refractivity contribution in [3.05, 3.63) is 70.3 Å². The average Bonchev–Trinajstić information content (AvgIpc) is 2.54. The van der Waals surface area contributed by atoms with E-state index < -0.39 is 5.54 Å². The number of fused-ring (bicyclic) bond motifs is 1. The first-order valence-corrected chi connectivity index (χ1v) is 8.12. The quantitative estimate of drug-likeness (QED) is 0.888. The molecule has 1 nitrogen and oxygen atoms in total. The van der Waals surface area contributed by atoms with Gasteiger partial charge in [0, 0.05) is 0 Å². The van der Waals surface area contributed by atoms with Crippen molar-refractivity contribution in [3.8, 4) is 0 Å². The van der Waals surface area contributed by atoms with Gasteiger partial charge in [-0.15, -0.1) is 0 Å². The lowest BCUT2D eigenvalue weighted by Crippen LogP contribution is -2.34. The molecule has 1 heteroatoms. The van der Waals surface area contributed by atoms with Crippen molar-refractivity contribution in [2.24, 2.45) is 5.73 Å². The number of aryl methyl sites for hydroxylation is 3. The summed E-state index contributed by atoms with van der Waals surface area (Å²) in [5.41, 5.74) is 13.1. The molecular weight excluding hydrogens is 254 g/mol. The topological polar surface area (TPSA) is 26.0 Å². The lowest BCUT2D eigenvalue weighted by molar-refractivity contribution is 0.597. The molecule has 21 heavy (non-hydrogen) atoms. The molecule has 2 aromatic rings. The number of benzene rings is 2. The highest BCUT2D eigenvalue weighted by molar-refractivity contribution is 5.43. The van der Waals surface area contributed by atoms with Gasteiger partial charge < -0.3 is 5.73 Å². The molecule has 0 amide bonds. The summed E-state index contributed by atoms with van der Waals surface area (Å²) in [6.07, 6.45) is 6.11. The van der Waals surface area contributed by atoms with Gasteiger partial charge in [-0.2, -0.15) is 0 Å². The van der Waals surface area contributed by atoms with E-state index in [1.807, 2.05) is 0 Å². The van der Waals surface area contributed by atoms with Gasteiger partial charge >= 0.3 is 0 Å². The summed E-state index contributed by atoms with van der Waals surface area (Å²) in [7, 11) is 0. The van der Waals surface area contributed by atoms with E-state index in [2.05, 4.69) is 56.3 Å². The smallest absolute Gasteiger partial charge is 0.0637 e. The van der Waals surface area contributed by atoms with Crippen molar-refractivity contribution in [1.29, 1.82) is 0 Å². The van der Waals surface area contributed by atoms with Crippen LogP contribution in [0.25, 0.3) is 0 Å². The molecule has 110 valence electrons. The Morgan fingerprint density at radius 3 is 2.43 bits per heavy atom. The lowest BCUT2D eigenvalue weighted by atomic mass is 9.81. The first kappa shape index (κ1) is 14.3. The minimum Gasteiger partial charge on any atom is -0.318 e. The van der Waals surface area contributed by atoms with E-state index >= 15 is 0 Å². The van der Waals surface area contributed by atoms with Gasteiger partial charge in [0.05, 0.1) is 5.54 Å². The second-order valence-electron chi connectivity index (χ2n) is 6.45. The summed E-state index contributed by atoms with van der Waals surface area (Å²) < 4.78 is 0. The molecule has 1 atom stereocenters. The van der Waals surface area contributed by atoms with Crippen LogP contribution in [0.5, 0.6) is 0 Å². The largest absolute Gasteiger partial charge is 0.318 e. The SMILES string of the molecule is CCc1cccc(C(C)(N)c2ccc3c(c2)CCCC3)c1. The normalized spacial score (nSPS) is 17.1. The van der Waals surface area contributed by atoms with Gasteiger partial charge in [-0.05, 0) is 66.8 Å². The standard InChI is InChI=1S/C20H25N/c1-3-15-7-6-10-18(13-15)20(2,21)19-12-11-16-8-4-5-9-17(16)14-19/h6-7,10-14H,3-5,8-9,21H2,1-2H3. The van der Waals surface area contributed by atoms with E-state index in [1.165, 1.54) is 53.5 Å². The van der Waals surface area contributed by atoms with Gasteiger partial charge in [0.1, 0.15) is 0 Å². The zero-order valence-corrected chi connectivity index (χ0v) is 13.2. The molecule has 0 saturated carbocycles. The second-order valence-corrected chi connectivity index (χ2v) is 6.45. The van der Waals surface area contributed by atoms with Crippen LogP contribution in [0.4, 0.5) is 0 Å². The Balaban J connectivity index is 2.00. The van der Waals surface area contributed by atoms with Crippen molar-refractivity contribution < 1.29 is 0 Å². The molecule has 0 heterocycles. The van der Waals surface area contributed by atoms with Crippen LogP contribution in [0.1, 0.15) is 54.5 Å². The van der Waals surface area contributed by atoms with Crippen LogP contribution in [0.2, 0.25) is 0 Å². The van der Waals surface area contributed by atoms with Gasteiger partial charge in [-0.1, -0.05) is 49.4 Å².